The molecule has 0 aromatic carbocycles. The Balaban J connectivity index is 2.65. The minimum absolute atomic E-state index is 0.0740. The van der Waals surface area contributed by atoms with Crippen molar-refractivity contribution in [3.8, 4) is 0 Å². The quantitative estimate of drug-likeness (QED) is 0.787. The number of ether oxygens (including phenoxy) is 1. The molecule has 1 aromatic heterocycles. The van der Waals surface area contributed by atoms with Crippen molar-refractivity contribution in [2.24, 2.45) is 0 Å². The average molecular weight is 241 g/mol. The lowest BCUT2D eigenvalue weighted by Crippen LogP contribution is -2.32. The summed E-state index contributed by atoms with van der Waals surface area (Å²) < 4.78 is 5.51. The van der Waals surface area contributed by atoms with Gasteiger partial charge < -0.3 is 10.1 Å². The second-order valence-corrected chi connectivity index (χ2v) is 5.67. The first kappa shape index (κ1) is 13.7. The van der Waals surface area contributed by atoms with Crippen molar-refractivity contribution < 1.29 is 4.74 Å². The van der Waals surface area contributed by atoms with E-state index < -0.39 is 0 Å². The highest BCUT2D eigenvalue weighted by Crippen LogP contribution is 2.28. The van der Waals surface area contributed by atoms with Crippen LogP contribution in [-0.4, -0.2) is 19.3 Å². The molecule has 0 saturated carbocycles. The number of hydrogen-bond donors (Lipinski definition) is 1. The van der Waals surface area contributed by atoms with Crippen LogP contribution >= 0.6 is 11.3 Å². The highest BCUT2D eigenvalue weighted by atomic mass is 32.1. The van der Waals surface area contributed by atoms with Crippen LogP contribution < -0.4 is 5.32 Å². The first-order chi connectivity index (χ1) is 7.59. The molecule has 0 bridgehead atoms. The molecule has 0 fully saturated rings. The molecule has 1 N–H and O–H groups in total. The van der Waals surface area contributed by atoms with Crippen LogP contribution in [0, 0.1) is 0 Å². The molecular weight excluding hydrogens is 218 g/mol. The van der Waals surface area contributed by atoms with E-state index in [0.717, 1.165) is 19.4 Å². The zero-order chi connectivity index (χ0) is 12.0. The molecule has 0 saturated heterocycles. The smallest absolute Gasteiger partial charge is 0.0641 e. The van der Waals surface area contributed by atoms with Crippen molar-refractivity contribution >= 4 is 11.3 Å². The van der Waals surface area contributed by atoms with Gasteiger partial charge in [-0.25, -0.2) is 0 Å². The third-order valence-electron chi connectivity index (χ3n) is 2.78. The zero-order valence-electron chi connectivity index (χ0n) is 10.7. The first-order valence-corrected chi connectivity index (χ1v) is 6.79. The molecule has 1 unspecified atom stereocenters. The molecule has 0 aliphatic carbocycles. The van der Waals surface area contributed by atoms with Gasteiger partial charge in [-0.1, -0.05) is 13.0 Å². The molecule has 0 spiro atoms. The monoisotopic (exact) mass is 241 g/mol. The van der Waals surface area contributed by atoms with E-state index in [4.69, 9.17) is 4.74 Å². The number of rotatable bonds is 7. The van der Waals surface area contributed by atoms with E-state index in [2.05, 4.69) is 43.6 Å². The molecular formula is C13H23NOS. The van der Waals surface area contributed by atoms with Crippen molar-refractivity contribution in [2.75, 3.05) is 13.7 Å². The van der Waals surface area contributed by atoms with Gasteiger partial charge in [-0.05, 0) is 44.7 Å². The summed E-state index contributed by atoms with van der Waals surface area (Å²) in [5, 5.41) is 5.73. The summed E-state index contributed by atoms with van der Waals surface area (Å²) in [6.45, 7) is 7.53. The van der Waals surface area contributed by atoms with Gasteiger partial charge in [-0.15, -0.1) is 11.3 Å². The molecule has 0 aliphatic heterocycles. The van der Waals surface area contributed by atoms with Gasteiger partial charge >= 0.3 is 0 Å². The molecule has 0 aliphatic rings. The highest BCUT2D eigenvalue weighted by Gasteiger charge is 2.23. The van der Waals surface area contributed by atoms with Crippen LogP contribution in [-0.2, 0) is 4.74 Å². The Hall–Kier alpha value is -0.380. The Labute approximate surface area is 103 Å². The van der Waals surface area contributed by atoms with Gasteiger partial charge in [0.15, 0.2) is 0 Å². The fraction of sp³-hybridized carbons (Fsp3) is 0.692. The summed E-state index contributed by atoms with van der Waals surface area (Å²) in [5.74, 6) is 0. The molecule has 0 radical (unpaired) electrons. The van der Waals surface area contributed by atoms with Crippen LogP contribution in [0.1, 0.15) is 44.5 Å². The minimum atomic E-state index is -0.0740. The normalized spacial score (nSPS) is 14.0. The lowest BCUT2D eigenvalue weighted by molar-refractivity contribution is 0.00714. The maximum absolute atomic E-state index is 5.51. The van der Waals surface area contributed by atoms with E-state index in [1.165, 1.54) is 4.88 Å². The topological polar surface area (TPSA) is 21.3 Å². The summed E-state index contributed by atoms with van der Waals surface area (Å²) in [5.41, 5.74) is -0.0740. The van der Waals surface area contributed by atoms with Crippen LogP contribution in [0.25, 0.3) is 0 Å². The maximum Gasteiger partial charge on any atom is 0.0641 e. The van der Waals surface area contributed by atoms with Crippen molar-refractivity contribution in [3.05, 3.63) is 22.4 Å². The second kappa shape index (κ2) is 6.38. The Morgan fingerprint density at radius 2 is 2.25 bits per heavy atom. The van der Waals surface area contributed by atoms with E-state index in [0.29, 0.717) is 6.04 Å². The average Bonchev–Trinajstić information content (AvgIpc) is 2.77. The van der Waals surface area contributed by atoms with Crippen LogP contribution in [0.15, 0.2) is 17.5 Å². The van der Waals surface area contributed by atoms with Gasteiger partial charge in [0.25, 0.3) is 0 Å². The first-order valence-electron chi connectivity index (χ1n) is 5.91. The third kappa shape index (κ3) is 4.24. The van der Waals surface area contributed by atoms with Gasteiger partial charge in [-0.2, -0.15) is 0 Å². The van der Waals surface area contributed by atoms with Crippen LogP contribution in [0.3, 0.4) is 0 Å². The summed E-state index contributed by atoms with van der Waals surface area (Å²) >= 11 is 1.81. The summed E-state index contributed by atoms with van der Waals surface area (Å²) in [6.07, 6.45) is 2.17. The number of nitrogens with one attached hydrogen (secondary N) is 1. The lowest BCUT2D eigenvalue weighted by atomic mass is 9.97. The predicted octanol–water partition coefficient (Wildman–Crippen LogP) is 3.60. The van der Waals surface area contributed by atoms with Gasteiger partial charge in [0, 0.05) is 18.0 Å². The molecule has 16 heavy (non-hydrogen) atoms. The number of hydrogen-bond acceptors (Lipinski definition) is 3. The van der Waals surface area contributed by atoms with Crippen molar-refractivity contribution in [1.29, 1.82) is 0 Å². The molecule has 1 rings (SSSR count). The fourth-order valence-electron chi connectivity index (χ4n) is 1.66. The molecule has 2 nitrogen and oxygen atoms in total. The van der Waals surface area contributed by atoms with E-state index in [1.54, 1.807) is 7.11 Å². The standard InChI is InChI=1S/C13H23NOS/c1-5-8-14-11(10-13(2,3)15-4)12-7-6-9-16-12/h6-7,9,11,14H,5,8,10H2,1-4H3. The van der Waals surface area contributed by atoms with Crippen LogP contribution in [0.5, 0.6) is 0 Å². The van der Waals surface area contributed by atoms with E-state index >= 15 is 0 Å². The van der Waals surface area contributed by atoms with E-state index in [1.807, 2.05) is 11.3 Å². The molecule has 1 aromatic rings. The maximum atomic E-state index is 5.51. The SMILES string of the molecule is CCCNC(CC(C)(C)OC)c1cccs1. The Kier molecular flexibility index (Phi) is 5.46. The summed E-state index contributed by atoms with van der Waals surface area (Å²) in [4.78, 5) is 1.40. The zero-order valence-corrected chi connectivity index (χ0v) is 11.6. The highest BCUT2D eigenvalue weighted by molar-refractivity contribution is 7.10. The van der Waals surface area contributed by atoms with Crippen molar-refractivity contribution in [2.45, 2.75) is 45.3 Å². The minimum Gasteiger partial charge on any atom is -0.379 e. The van der Waals surface area contributed by atoms with Gasteiger partial charge in [0.1, 0.15) is 0 Å². The number of thiophene rings is 1. The molecule has 1 atom stereocenters. The molecule has 1 heterocycles. The van der Waals surface area contributed by atoms with E-state index in [9.17, 15) is 0 Å². The second-order valence-electron chi connectivity index (χ2n) is 4.69. The van der Waals surface area contributed by atoms with Crippen molar-refractivity contribution in [3.63, 3.8) is 0 Å². The number of methoxy groups -OCH3 is 1. The van der Waals surface area contributed by atoms with Gasteiger partial charge in [0.05, 0.1) is 5.60 Å². The molecule has 0 amide bonds. The van der Waals surface area contributed by atoms with Crippen LogP contribution in [0.4, 0.5) is 0 Å². The summed E-state index contributed by atoms with van der Waals surface area (Å²) in [6, 6.07) is 4.72. The third-order valence-corrected chi connectivity index (χ3v) is 3.76. The van der Waals surface area contributed by atoms with Gasteiger partial charge in [0.2, 0.25) is 0 Å². The Morgan fingerprint density at radius 1 is 1.50 bits per heavy atom. The van der Waals surface area contributed by atoms with Crippen molar-refractivity contribution in [1.82, 2.24) is 5.32 Å². The van der Waals surface area contributed by atoms with Gasteiger partial charge in [-0.3, -0.25) is 0 Å². The predicted molar refractivity (Wildman–Crippen MR) is 71.1 cm³/mol. The fourth-order valence-corrected chi connectivity index (χ4v) is 2.46. The van der Waals surface area contributed by atoms with E-state index in [-0.39, 0.29) is 5.60 Å². The Bertz CT molecular complexity index is 282. The molecule has 3 heteroatoms. The summed E-state index contributed by atoms with van der Waals surface area (Å²) in [7, 11) is 1.78. The Morgan fingerprint density at radius 3 is 2.75 bits per heavy atom. The lowest BCUT2D eigenvalue weighted by Gasteiger charge is -2.28. The van der Waals surface area contributed by atoms with Crippen LogP contribution in [0.2, 0.25) is 0 Å². The largest absolute Gasteiger partial charge is 0.379 e. The molecule has 92 valence electrons.